The van der Waals surface area contributed by atoms with E-state index in [1.807, 2.05) is 0 Å². The molecule has 9 heteroatoms. The lowest BCUT2D eigenvalue weighted by atomic mass is 10.3. The van der Waals surface area contributed by atoms with Gasteiger partial charge in [0.2, 0.25) is 0 Å². The highest BCUT2D eigenvalue weighted by atomic mass is 35.5. The van der Waals surface area contributed by atoms with Gasteiger partial charge in [-0.05, 0) is 0 Å². The van der Waals surface area contributed by atoms with Gasteiger partial charge in [-0.2, -0.15) is 0 Å². The summed E-state index contributed by atoms with van der Waals surface area (Å²) in [6, 6.07) is 0. The van der Waals surface area contributed by atoms with Gasteiger partial charge in [0.05, 0.1) is 32.1 Å². The van der Waals surface area contributed by atoms with Crippen LogP contribution >= 0.6 is 22.9 Å². The summed E-state index contributed by atoms with van der Waals surface area (Å²) in [5.74, 6) is 0. The average Bonchev–Trinajstić information content (AvgIpc) is 2.76. The highest BCUT2D eigenvalue weighted by Crippen LogP contribution is 2.22. The van der Waals surface area contributed by atoms with E-state index in [0.717, 1.165) is 11.3 Å². The largest absolute Gasteiger partial charge is 0.376 e. The molecule has 1 aliphatic heterocycles. The summed E-state index contributed by atoms with van der Waals surface area (Å²) in [7, 11) is -3.55. The Morgan fingerprint density at radius 3 is 3.00 bits per heavy atom. The first kappa shape index (κ1) is 13.2. The third-order valence-electron chi connectivity index (χ3n) is 2.11. The maximum atomic E-state index is 11.8. The first-order valence-corrected chi connectivity index (χ1v) is 7.56. The zero-order valence-corrected chi connectivity index (χ0v) is 11.1. The van der Waals surface area contributed by atoms with Gasteiger partial charge in [-0.1, -0.05) is 22.9 Å². The second kappa shape index (κ2) is 5.59. The molecule has 17 heavy (non-hydrogen) atoms. The molecule has 1 fully saturated rings. The van der Waals surface area contributed by atoms with Crippen LogP contribution in [0.2, 0.25) is 4.47 Å². The quantitative estimate of drug-likeness (QED) is 0.875. The summed E-state index contributed by atoms with van der Waals surface area (Å²) in [5, 5.41) is 0. The molecule has 2 rings (SSSR count). The molecule has 0 bridgehead atoms. The van der Waals surface area contributed by atoms with E-state index in [2.05, 4.69) is 9.71 Å². The maximum Gasteiger partial charge on any atom is 0.251 e. The molecule has 1 aromatic rings. The summed E-state index contributed by atoms with van der Waals surface area (Å²) in [5.41, 5.74) is 0. The van der Waals surface area contributed by atoms with Gasteiger partial charge in [0.1, 0.15) is 0 Å². The van der Waals surface area contributed by atoms with Gasteiger partial charge in [-0.15, -0.1) is 0 Å². The number of nitrogens with zero attached hydrogens (tertiary/aromatic N) is 1. The van der Waals surface area contributed by atoms with Crippen LogP contribution in [0.25, 0.3) is 0 Å². The van der Waals surface area contributed by atoms with Crippen molar-refractivity contribution in [1.29, 1.82) is 0 Å². The second-order valence-electron chi connectivity index (χ2n) is 3.35. The molecule has 0 radical (unpaired) electrons. The summed E-state index contributed by atoms with van der Waals surface area (Å²) < 4.78 is 36.8. The minimum atomic E-state index is -3.55. The van der Waals surface area contributed by atoms with Gasteiger partial charge in [0.25, 0.3) is 10.0 Å². The molecule has 0 spiro atoms. The third kappa shape index (κ3) is 3.60. The topological polar surface area (TPSA) is 77.5 Å². The van der Waals surface area contributed by atoms with E-state index in [1.165, 1.54) is 6.20 Å². The Balaban J connectivity index is 1.93. The summed E-state index contributed by atoms with van der Waals surface area (Å²) in [4.78, 5) is 3.69. The second-order valence-corrected chi connectivity index (χ2v) is 6.96. The molecule has 0 aliphatic carbocycles. The monoisotopic (exact) mass is 298 g/mol. The van der Waals surface area contributed by atoms with Crippen LogP contribution in [0.4, 0.5) is 0 Å². The van der Waals surface area contributed by atoms with Gasteiger partial charge in [-0.3, -0.25) is 0 Å². The lowest BCUT2D eigenvalue weighted by molar-refractivity contribution is -0.0846. The molecule has 1 saturated heterocycles. The fourth-order valence-electron chi connectivity index (χ4n) is 1.29. The van der Waals surface area contributed by atoms with E-state index in [-0.39, 0.29) is 21.3 Å². The Labute approximate surface area is 108 Å². The van der Waals surface area contributed by atoms with Crippen molar-refractivity contribution in [2.24, 2.45) is 0 Å². The summed E-state index contributed by atoms with van der Waals surface area (Å²) >= 11 is 6.50. The Kier molecular flexibility index (Phi) is 4.34. The molecule has 1 unspecified atom stereocenters. The fraction of sp³-hybridized carbons (Fsp3) is 0.625. The van der Waals surface area contributed by atoms with Gasteiger partial charge in [0, 0.05) is 6.54 Å². The number of halogens is 1. The summed E-state index contributed by atoms with van der Waals surface area (Å²) in [6.45, 7) is 1.61. The maximum absolute atomic E-state index is 11.8. The van der Waals surface area contributed by atoms with Crippen LogP contribution in [0, 0.1) is 0 Å². The van der Waals surface area contributed by atoms with E-state index in [4.69, 9.17) is 21.1 Å². The van der Waals surface area contributed by atoms with Gasteiger partial charge in [0.15, 0.2) is 8.68 Å². The normalized spacial score (nSPS) is 21.6. The molecule has 0 amide bonds. The first-order valence-electron chi connectivity index (χ1n) is 4.88. The van der Waals surface area contributed by atoms with Gasteiger partial charge < -0.3 is 9.47 Å². The number of ether oxygens (including phenoxy) is 2. The van der Waals surface area contributed by atoms with Crippen LogP contribution < -0.4 is 4.72 Å². The standard InChI is InChI=1S/C8H11ClN2O4S2/c9-8-10-4-7(16-8)17(12,13)11-3-6-5-14-1-2-15-6/h4,6,11H,1-3,5H2. The lowest BCUT2D eigenvalue weighted by Crippen LogP contribution is -2.39. The Bertz CT molecular complexity index is 470. The van der Waals surface area contributed by atoms with Crippen molar-refractivity contribution in [2.75, 3.05) is 26.4 Å². The van der Waals surface area contributed by atoms with Crippen LogP contribution in [0.15, 0.2) is 10.4 Å². The third-order valence-corrected chi connectivity index (χ3v) is 5.11. The molecule has 1 aliphatic rings. The molecular weight excluding hydrogens is 288 g/mol. The zero-order valence-electron chi connectivity index (χ0n) is 8.76. The minimum absolute atomic E-state index is 0.0965. The molecule has 1 N–H and O–H groups in total. The SMILES string of the molecule is O=S(=O)(NCC1COCCO1)c1cnc(Cl)s1. The van der Waals surface area contributed by atoms with E-state index in [0.29, 0.717) is 19.8 Å². The van der Waals surface area contributed by atoms with Crippen molar-refractivity contribution in [1.82, 2.24) is 9.71 Å². The van der Waals surface area contributed by atoms with Crippen molar-refractivity contribution >= 4 is 33.0 Å². The molecule has 6 nitrogen and oxygen atoms in total. The van der Waals surface area contributed by atoms with Crippen molar-refractivity contribution in [3.8, 4) is 0 Å². The van der Waals surface area contributed by atoms with Gasteiger partial charge in [-0.25, -0.2) is 18.1 Å². The Hall–Kier alpha value is -0.250. The molecular formula is C8H11ClN2O4S2. The highest BCUT2D eigenvalue weighted by molar-refractivity contribution is 7.91. The van der Waals surface area contributed by atoms with E-state index in [1.54, 1.807) is 0 Å². The predicted octanol–water partition coefficient (Wildman–Crippen LogP) is 0.490. The molecule has 2 heterocycles. The number of hydrogen-bond acceptors (Lipinski definition) is 6. The number of thiazole rings is 1. The lowest BCUT2D eigenvalue weighted by Gasteiger charge is -2.22. The van der Waals surface area contributed by atoms with Crippen LogP contribution in [0.5, 0.6) is 0 Å². The van der Waals surface area contributed by atoms with Crippen molar-refractivity contribution in [3.05, 3.63) is 10.7 Å². The van der Waals surface area contributed by atoms with E-state index >= 15 is 0 Å². The number of nitrogens with one attached hydrogen (secondary N) is 1. The molecule has 96 valence electrons. The zero-order chi connectivity index (χ0) is 12.3. The summed E-state index contributed by atoms with van der Waals surface area (Å²) in [6.07, 6.45) is 0.981. The van der Waals surface area contributed by atoms with E-state index < -0.39 is 10.0 Å². The minimum Gasteiger partial charge on any atom is -0.376 e. The number of aromatic nitrogens is 1. The van der Waals surface area contributed by atoms with Crippen LogP contribution in [-0.2, 0) is 19.5 Å². The molecule has 1 atom stereocenters. The average molecular weight is 299 g/mol. The first-order chi connectivity index (χ1) is 8.08. The number of hydrogen-bond donors (Lipinski definition) is 1. The van der Waals surface area contributed by atoms with Crippen LogP contribution in [0.3, 0.4) is 0 Å². The van der Waals surface area contributed by atoms with Crippen molar-refractivity contribution in [3.63, 3.8) is 0 Å². The van der Waals surface area contributed by atoms with Crippen molar-refractivity contribution in [2.45, 2.75) is 10.3 Å². The van der Waals surface area contributed by atoms with Crippen LogP contribution in [0.1, 0.15) is 0 Å². The highest BCUT2D eigenvalue weighted by Gasteiger charge is 2.21. The Morgan fingerprint density at radius 1 is 1.59 bits per heavy atom. The van der Waals surface area contributed by atoms with Crippen LogP contribution in [-0.4, -0.2) is 45.9 Å². The van der Waals surface area contributed by atoms with E-state index in [9.17, 15) is 8.42 Å². The molecule has 0 saturated carbocycles. The number of rotatable bonds is 4. The smallest absolute Gasteiger partial charge is 0.251 e. The predicted molar refractivity (Wildman–Crippen MR) is 62.9 cm³/mol. The van der Waals surface area contributed by atoms with Gasteiger partial charge >= 0.3 is 0 Å². The molecule has 1 aromatic heterocycles. The Morgan fingerprint density at radius 2 is 2.41 bits per heavy atom. The number of sulfonamides is 1. The fourth-order valence-corrected chi connectivity index (χ4v) is 3.70. The van der Waals surface area contributed by atoms with Crippen molar-refractivity contribution < 1.29 is 17.9 Å². The molecule has 0 aromatic carbocycles.